The predicted molar refractivity (Wildman–Crippen MR) is 62.4 cm³/mol. The van der Waals surface area contributed by atoms with Crippen molar-refractivity contribution in [3.8, 4) is 0 Å². The summed E-state index contributed by atoms with van der Waals surface area (Å²) in [6, 6.07) is 5.47. The second kappa shape index (κ2) is 4.89. The quantitative estimate of drug-likeness (QED) is 0.924. The highest BCUT2D eigenvalue weighted by Gasteiger charge is 2.16. The van der Waals surface area contributed by atoms with E-state index >= 15 is 0 Å². The van der Waals surface area contributed by atoms with Crippen molar-refractivity contribution < 1.29 is 13.9 Å². The van der Waals surface area contributed by atoms with Crippen molar-refractivity contribution >= 4 is 15.9 Å². The van der Waals surface area contributed by atoms with Gasteiger partial charge in [0.1, 0.15) is 17.7 Å². The number of halogens is 3. The van der Waals surface area contributed by atoms with Crippen LogP contribution >= 0.6 is 15.9 Å². The van der Waals surface area contributed by atoms with Gasteiger partial charge in [-0.25, -0.2) is 8.78 Å². The van der Waals surface area contributed by atoms with Gasteiger partial charge in [0.25, 0.3) is 0 Å². The minimum atomic E-state index is -1.12. The molecule has 0 fully saturated rings. The standard InChI is InChI=1S/C12H8BrF2NO/c13-11-9(2-1-3-10(11)15)12(17)7-4-8(14)6-16-5-7/h1-6,12,17H. The van der Waals surface area contributed by atoms with Gasteiger partial charge in [-0.05, 0) is 28.1 Å². The summed E-state index contributed by atoms with van der Waals surface area (Å²) in [6.07, 6.45) is 1.25. The molecule has 0 aliphatic carbocycles. The smallest absolute Gasteiger partial charge is 0.141 e. The Labute approximate surface area is 105 Å². The highest BCUT2D eigenvalue weighted by Crippen LogP contribution is 2.30. The fourth-order valence-electron chi connectivity index (χ4n) is 1.49. The van der Waals surface area contributed by atoms with E-state index in [1.165, 1.54) is 18.3 Å². The maximum atomic E-state index is 13.3. The number of aromatic nitrogens is 1. The van der Waals surface area contributed by atoms with Crippen LogP contribution in [0.3, 0.4) is 0 Å². The number of pyridine rings is 1. The second-order valence-corrected chi connectivity index (χ2v) is 4.28. The largest absolute Gasteiger partial charge is 0.384 e. The van der Waals surface area contributed by atoms with Gasteiger partial charge in [0.2, 0.25) is 0 Å². The van der Waals surface area contributed by atoms with Crippen LogP contribution in [-0.2, 0) is 0 Å². The Kier molecular flexibility index (Phi) is 3.49. The van der Waals surface area contributed by atoms with Gasteiger partial charge in [0.15, 0.2) is 0 Å². The molecule has 1 aromatic heterocycles. The zero-order chi connectivity index (χ0) is 12.4. The summed E-state index contributed by atoms with van der Waals surface area (Å²) in [4.78, 5) is 3.64. The lowest BCUT2D eigenvalue weighted by Crippen LogP contribution is -2.02. The van der Waals surface area contributed by atoms with E-state index in [-0.39, 0.29) is 10.0 Å². The van der Waals surface area contributed by atoms with Gasteiger partial charge < -0.3 is 5.11 Å². The summed E-state index contributed by atoms with van der Waals surface area (Å²) in [5.74, 6) is -1.03. The zero-order valence-corrected chi connectivity index (χ0v) is 10.2. The molecule has 0 amide bonds. The van der Waals surface area contributed by atoms with Crippen LogP contribution in [0.15, 0.2) is 41.1 Å². The van der Waals surface area contributed by atoms with Crippen LogP contribution in [0.5, 0.6) is 0 Å². The number of hydrogen-bond donors (Lipinski definition) is 1. The summed E-state index contributed by atoms with van der Waals surface area (Å²) in [5.41, 5.74) is 0.605. The van der Waals surface area contributed by atoms with Crippen LogP contribution in [0.1, 0.15) is 17.2 Å². The van der Waals surface area contributed by atoms with E-state index in [2.05, 4.69) is 20.9 Å². The van der Waals surface area contributed by atoms with Crippen LogP contribution in [-0.4, -0.2) is 10.1 Å². The third kappa shape index (κ3) is 2.50. The molecule has 0 saturated carbocycles. The third-order valence-corrected chi connectivity index (χ3v) is 3.15. The average Bonchev–Trinajstić information content (AvgIpc) is 2.32. The van der Waals surface area contributed by atoms with Gasteiger partial charge in [-0.1, -0.05) is 12.1 Å². The molecule has 0 aliphatic heterocycles. The number of hydrogen-bond acceptors (Lipinski definition) is 2. The SMILES string of the molecule is OC(c1cncc(F)c1)c1cccc(F)c1Br. The molecule has 1 unspecified atom stereocenters. The van der Waals surface area contributed by atoms with Crippen molar-refractivity contribution in [2.24, 2.45) is 0 Å². The predicted octanol–water partition coefficient (Wildman–Crippen LogP) is 3.20. The van der Waals surface area contributed by atoms with Gasteiger partial charge in [0.05, 0.1) is 10.7 Å². The lowest BCUT2D eigenvalue weighted by atomic mass is 10.0. The van der Waals surface area contributed by atoms with Crippen molar-refractivity contribution in [2.75, 3.05) is 0 Å². The maximum absolute atomic E-state index is 13.3. The molecule has 5 heteroatoms. The second-order valence-electron chi connectivity index (χ2n) is 3.48. The lowest BCUT2D eigenvalue weighted by molar-refractivity contribution is 0.218. The molecule has 17 heavy (non-hydrogen) atoms. The van der Waals surface area contributed by atoms with Crippen molar-refractivity contribution in [1.82, 2.24) is 4.98 Å². The van der Waals surface area contributed by atoms with Gasteiger partial charge in [-0.2, -0.15) is 0 Å². The lowest BCUT2D eigenvalue weighted by Gasteiger charge is -2.13. The monoisotopic (exact) mass is 299 g/mol. The Balaban J connectivity index is 2.44. The van der Waals surface area contributed by atoms with E-state index < -0.39 is 17.7 Å². The molecule has 0 saturated heterocycles. The first-order chi connectivity index (χ1) is 8.09. The molecule has 0 spiro atoms. The molecule has 2 nitrogen and oxygen atoms in total. The molecule has 1 aromatic carbocycles. The summed E-state index contributed by atoms with van der Waals surface area (Å²) >= 11 is 3.05. The molecule has 0 aliphatic rings. The summed E-state index contributed by atoms with van der Waals surface area (Å²) < 4.78 is 26.4. The maximum Gasteiger partial charge on any atom is 0.141 e. The average molecular weight is 300 g/mol. The molecule has 1 atom stereocenters. The first-order valence-corrected chi connectivity index (χ1v) is 5.61. The fourth-order valence-corrected chi connectivity index (χ4v) is 1.97. The van der Waals surface area contributed by atoms with Crippen LogP contribution in [0.2, 0.25) is 0 Å². The third-order valence-electron chi connectivity index (χ3n) is 2.32. The van der Waals surface area contributed by atoms with Crippen molar-refractivity contribution in [1.29, 1.82) is 0 Å². The number of aliphatic hydroxyl groups is 1. The van der Waals surface area contributed by atoms with Gasteiger partial charge in [0, 0.05) is 17.3 Å². The molecule has 0 radical (unpaired) electrons. The molecule has 2 rings (SSSR count). The fraction of sp³-hybridized carbons (Fsp3) is 0.0833. The normalized spacial score (nSPS) is 12.5. The van der Waals surface area contributed by atoms with E-state index in [1.807, 2.05) is 0 Å². The minimum absolute atomic E-state index is 0.164. The molecule has 1 N–H and O–H groups in total. The molecule has 0 bridgehead atoms. The van der Waals surface area contributed by atoms with E-state index in [0.29, 0.717) is 5.56 Å². The molecule has 88 valence electrons. The van der Waals surface area contributed by atoms with Gasteiger partial charge >= 0.3 is 0 Å². The highest BCUT2D eigenvalue weighted by atomic mass is 79.9. The van der Waals surface area contributed by atoms with Crippen molar-refractivity contribution in [3.05, 3.63) is 63.9 Å². The summed E-state index contributed by atoms with van der Waals surface area (Å²) in [5, 5.41) is 10.0. The van der Waals surface area contributed by atoms with Gasteiger partial charge in [-0.15, -0.1) is 0 Å². The highest BCUT2D eigenvalue weighted by molar-refractivity contribution is 9.10. The first kappa shape index (κ1) is 12.1. The number of rotatable bonds is 2. The Hall–Kier alpha value is -1.33. The van der Waals surface area contributed by atoms with E-state index in [1.54, 1.807) is 6.07 Å². The van der Waals surface area contributed by atoms with E-state index in [4.69, 9.17) is 0 Å². The number of benzene rings is 1. The Morgan fingerprint density at radius 3 is 2.71 bits per heavy atom. The minimum Gasteiger partial charge on any atom is -0.384 e. The van der Waals surface area contributed by atoms with Crippen LogP contribution in [0, 0.1) is 11.6 Å². The van der Waals surface area contributed by atoms with Crippen LogP contribution in [0.4, 0.5) is 8.78 Å². The molecular formula is C12H8BrF2NO. The molecular weight excluding hydrogens is 292 g/mol. The topological polar surface area (TPSA) is 33.1 Å². The molecule has 1 heterocycles. The van der Waals surface area contributed by atoms with Gasteiger partial charge in [-0.3, -0.25) is 4.98 Å². The van der Waals surface area contributed by atoms with E-state index in [9.17, 15) is 13.9 Å². The number of aliphatic hydroxyl groups excluding tert-OH is 1. The molecule has 2 aromatic rings. The summed E-state index contributed by atoms with van der Waals surface area (Å²) in [6.45, 7) is 0. The van der Waals surface area contributed by atoms with Crippen molar-refractivity contribution in [3.63, 3.8) is 0 Å². The van der Waals surface area contributed by atoms with Crippen molar-refractivity contribution in [2.45, 2.75) is 6.10 Å². The Bertz CT molecular complexity index is 548. The first-order valence-electron chi connectivity index (χ1n) is 4.82. The van der Waals surface area contributed by atoms with E-state index in [0.717, 1.165) is 12.3 Å². The Morgan fingerprint density at radius 2 is 2.00 bits per heavy atom. The van der Waals surface area contributed by atoms with Crippen LogP contribution in [0.25, 0.3) is 0 Å². The summed E-state index contributed by atoms with van der Waals surface area (Å²) in [7, 11) is 0. The number of nitrogens with zero attached hydrogens (tertiary/aromatic N) is 1. The Morgan fingerprint density at radius 1 is 1.24 bits per heavy atom. The zero-order valence-electron chi connectivity index (χ0n) is 8.57. The van der Waals surface area contributed by atoms with Crippen LogP contribution < -0.4 is 0 Å².